The van der Waals surface area contributed by atoms with Crippen LogP contribution in [0.3, 0.4) is 0 Å². The van der Waals surface area contributed by atoms with Gasteiger partial charge >= 0.3 is 5.97 Å². The number of unbranched alkanes of at least 4 members (excludes halogenated alkanes) is 12. The first-order valence-corrected chi connectivity index (χ1v) is 33.2. The molecule has 0 amide bonds. The molecule has 0 bridgehead atoms. The number of allylic oxidation sites excluding steroid dienone is 1. The Labute approximate surface area is 496 Å². The van der Waals surface area contributed by atoms with Crippen molar-refractivity contribution in [3.63, 3.8) is 0 Å². The number of nitriles is 2. The van der Waals surface area contributed by atoms with Crippen LogP contribution < -0.4 is 0 Å². The number of fused-ring (bicyclic) bond motifs is 6. The molecular weight excluding hydrogens is 1070 g/mol. The summed E-state index contributed by atoms with van der Waals surface area (Å²) in [6.07, 6.45) is 27.6. The summed E-state index contributed by atoms with van der Waals surface area (Å²) >= 11 is 6.91. The van der Waals surface area contributed by atoms with E-state index in [1.807, 2.05) is 46.9 Å². The Morgan fingerprint density at radius 2 is 1.05 bits per heavy atom. The highest BCUT2D eigenvalue weighted by atomic mass is 32.1. The number of thiophene rings is 4. The maximum Gasteiger partial charge on any atom is 0.346 e. The summed E-state index contributed by atoms with van der Waals surface area (Å²) in [7, 11) is 0. The second-order valence-corrected chi connectivity index (χ2v) is 26.7. The first-order valence-electron chi connectivity index (χ1n) is 29.9. The highest BCUT2D eigenvalue weighted by Gasteiger charge is 2.43. The lowest BCUT2D eigenvalue weighted by Crippen LogP contribution is -2.26. The van der Waals surface area contributed by atoms with Gasteiger partial charge in [0.2, 0.25) is 0 Å². The SMILES string of the molecule is CCCCCCc1ccc(-c2ccc3c(c2)c2cc(-c4ccc(CCCCCC)s4)ccc2n3-c2ccc3c(c2)C(CCCCCC)(CCCCCC)c2cc(/C=C(\C#N)c4ccc(-c5ccc(/C=C(/C#N)C(=O)O)s5)s4)ccc2-3)s1. The van der Waals surface area contributed by atoms with Gasteiger partial charge in [-0.1, -0.05) is 154 Å². The minimum absolute atomic E-state index is 0.202. The van der Waals surface area contributed by atoms with Crippen molar-refractivity contribution in [1.29, 1.82) is 10.5 Å². The van der Waals surface area contributed by atoms with E-state index in [2.05, 4.69) is 141 Å². The average molecular weight is 1140 g/mol. The fourth-order valence-electron chi connectivity index (χ4n) is 12.3. The molecule has 9 aromatic rings. The minimum Gasteiger partial charge on any atom is -0.477 e. The predicted molar refractivity (Wildman–Crippen MR) is 349 cm³/mol. The van der Waals surface area contributed by atoms with E-state index in [1.165, 1.54) is 188 Å². The van der Waals surface area contributed by atoms with Crippen molar-refractivity contribution in [3.05, 3.63) is 163 Å². The number of carboxylic acid groups (broad SMARTS) is 1. The molecule has 0 unspecified atom stereocenters. The molecule has 5 aromatic heterocycles. The van der Waals surface area contributed by atoms with Crippen molar-refractivity contribution >= 4 is 90.8 Å². The van der Waals surface area contributed by atoms with Crippen LogP contribution in [0.15, 0.2) is 127 Å². The maximum absolute atomic E-state index is 11.5. The Morgan fingerprint density at radius 1 is 0.519 bits per heavy atom. The monoisotopic (exact) mass is 1140 g/mol. The maximum atomic E-state index is 11.5. The molecule has 0 atom stereocenters. The average Bonchev–Trinajstić information content (AvgIpc) is 2.95. The van der Waals surface area contributed by atoms with Crippen LogP contribution in [0.25, 0.3) is 87.0 Å². The molecule has 0 fully saturated rings. The van der Waals surface area contributed by atoms with Gasteiger partial charge in [0.05, 0.1) is 16.6 Å². The summed E-state index contributed by atoms with van der Waals surface area (Å²) < 4.78 is 2.55. The zero-order valence-electron chi connectivity index (χ0n) is 47.7. The van der Waals surface area contributed by atoms with Crippen LogP contribution in [0, 0.1) is 22.7 Å². The lowest BCUT2D eigenvalue weighted by atomic mass is 9.70. The van der Waals surface area contributed by atoms with Crippen LogP contribution in [-0.2, 0) is 23.1 Å². The van der Waals surface area contributed by atoms with E-state index < -0.39 is 5.97 Å². The zero-order chi connectivity index (χ0) is 56.3. The Bertz CT molecular complexity index is 3700. The molecule has 0 saturated heterocycles. The van der Waals surface area contributed by atoms with Crippen molar-refractivity contribution in [2.24, 2.45) is 0 Å². The van der Waals surface area contributed by atoms with Gasteiger partial charge in [0, 0.05) is 60.9 Å². The Balaban J connectivity index is 1.06. The van der Waals surface area contributed by atoms with E-state index >= 15 is 0 Å². The highest BCUT2D eigenvalue weighted by molar-refractivity contribution is 7.23. The van der Waals surface area contributed by atoms with Gasteiger partial charge in [0.15, 0.2) is 0 Å². The second kappa shape index (κ2) is 27.0. The van der Waals surface area contributed by atoms with Gasteiger partial charge in [0.1, 0.15) is 17.7 Å². The summed E-state index contributed by atoms with van der Waals surface area (Å²) in [5, 5.41) is 32.1. The zero-order valence-corrected chi connectivity index (χ0v) is 50.9. The number of aliphatic carboxylic acids is 1. The summed E-state index contributed by atoms with van der Waals surface area (Å²) in [5.41, 5.74) is 12.8. The third-order valence-electron chi connectivity index (χ3n) is 16.6. The lowest BCUT2D eigenvalue weighted by Gasteiger charge is -2.33. The molecule has 0 radical (unpaired) electrons. The Morgan fingerprint density at radius 3 is 1.60 bits per heavy atom. The van der Waals surface area contributed by atoms with E-state index in [4.69, 9.17) is 0 Å². The number of nitrogens with zero attached hydrogens (tertiary/aromatic N) is 3. The van der Waals surface area contributed by atoms with Gasteiger partial charge in [-0.15, -0.1) is 45.3 Å². The van der Waals surface area contributed by atoms with E-state index in [1.54, 1.807) is 17.4 Å². The first kappa shape index (κ1) is 57.6. The van der Waals surface area contributed by atoms with E-state index in [0.717, 1.165) is 58.7 Å². The molecular formula is C72H75N3O2S4. The molecule has 9 heteroatoms. The number of hydrogen-bond acceptors (Lipinski definition) is 7. The van der Waals surface area contributed by atoms with Gasteiger partial charge in [-0.25, -0.2) is 4.79 Å². The molecule has 10 rings (SSSR count). The number of rotatable bonds is 28. The third-order valence-corrected chi connectivity index (χ3v) is 21.3. The quantitative estimate of drug-likeness (QED) is 0.0301. The normalized spacial score (nSPS) is 13.0. The molecule has 4 aromatic carbocycles. The number of carbonyl (C=O) groups is 1. The molecule has 5 nitrogen and oxygen atoms in total. The largest absolute Gasteiger partial charge is 0.477 e. The van der Waals surface area contributed by atoms with Gasteiger partial charge in [-0.2, -0.15) is 10.5 Å². The minimum atomic E-state index is -1.24. The summed E-state index contributed by atoms with van der Waals surface area (Å²) in [4.78, 5) is 20.7. The van der Waals surface area contributed by atoms with Crippen molar-refractivity contribution < 1.29 is 9.90 Å². The Hall–Kier alpha value is -6.59. The first-order chi connectivity index (χ1) is 39.7. The highest BCUT2D eigenvalue weighted by Crippen LogP contribution is 2.56. The fourth-order valence-corrected chi connectivity index (χ4v) is 16.4. The van der Waals surface area contributed by atoms with Crippen LogP contribution in [0.2, 0.25) is 0 Å². The molecule has 1 N–H and O–H groups in total. The number of hydrogen-bond donors (Lipinski definition) is 1. The third kappa shape index (κ3) is 12.7. The summed E-state index contributed by atoms with van der Waals surface area (Å²) in [6, 6.07) is 50.3. The van der Waals surface area contributed by atoms with E-state index in [0.29, 0.717) is 10.5 Å². The smallest absolute Gasteiger partial charge is 0.346 e. The fraction of sp³-hybridized carbons (Fsp3) is 0.347. The molecule has 0 spiro atoms. The van der Waals surface area contributed by atoms with E-state index in [-0.39, 0.29) is 11.0 Å². The number of aromatic nitrogens is 1. The van der Waals surface area contributed by atoms with Gasteiger partial charge in [0.25, 0.3) is 0 Å². The van der Waals surface area contributed by atoms with Crippen molar-refractivity contribution in [3.8, 4) is 59.6 Å². The van der Waals surface area contributed by atoms with Crippen molar-refractivity contribution in [2.45, 2.75) is 162 Å². The topological polar surface area (TPSA) is 89.8 Å². The molecule has 1 aliphatic carbocycles. The molecule has 5 heterocycles. The van der Waals surface area contributed by atoms with Crippen LogP contribution in [-0.4, -0.2) is 15.6 Å². The number of benzene rings is 4. The van der Waals surface area contributed by atoms with Crippen molar-refractivity contribution in [2.75, 3.05) is 0 Å². The van der Waals surface area contributed by atoms with Gasteiger partial charge in [-0.3, -0.25) is 0 Å². The molecule has 81 heavy (non-hydrogen) atoms. The summed E-state index contributed by atoms with van der Waals surface area (Å²) in [5.74, 6) is -1.24. The van der Waals surface area contributed by atoms with Gasteiger partial charge < -0.3 is 9.67 Å². The predicted octanol–water partition coefficient (Wildman–Crippen LogP) is 22.5. The van der Waals surface area contributed by atoms with E-state index in [9.17, 15) is 20.4 Å². The lowest BCUT2D eigenvalue weighted by molar-refractivity contribution is -0.132. The number of carboxylic acids is 1. The molecule has 0 saturated carbocycles. The number of aryl methyl sites for hydroxylation is 2. The standard InChI is InChI=1S/C72H75N3O2S4/c1-5-9-13-17-21-55-27-34-66(78-55)50-24-32-64-60(44-50)61-45-51(67-35-28-56(79-67)22-18-14-10-6-2)25-33-65(61)75(64)54-26-31-59-58-30-23-49(42-62(58)72(63(59)46-54,39-19-15-11-7-3)40-20-16-12-8-4)41-52(47-73)68-37-38-70(81-68)69-36-29-57(80-69)43-53(48-74)71(76)77/h23-38,41-46H,5-22,39-40H2,1-4H3,(H,76,77)/b52-41+,53-43-. The molecule has 414 valence electrons. The molecule has 1 aliphatic rings. The summed E-state index contributed by atoms with van der Waals surface area (Å²) in [6.45, 7) is 9.17. The van der Waals surface area contributed by atoms with Crippen LogP contribution >= 0.6 is 45.3 Å². The van der Waals surface area contributed by atoms with Crippen LogP contribution in [0.5, 0.6) is 0 Å². The van der Waals surface area contributed by atoms with Crippen LogP contribution in [0.4, 0.5) is 0 Å². The second-order valence-electron chi connectivity index (χ2n) is 22.2. The molecule has 0 aliphatic heterocycles. The van der Waals surface area contributed by atoms with Crippen molar-refractivity contribution in [1.82, 2.24) is 4.57 Å². The van der Waals surface area contributed by atoms with Crippen LogP contribution in [0.1, 0.15) is 179 Å². The Kier molecular flexibility index (Phi) is 19.2. The van der Waals surface area contributed by atoms with Gasteiger partial charge in [-0.05, 0) is 175 Å².